The average Bonchev–Trinajstić information content (AvgIpc) is 2.92. The molecular formula is C15H20ClNO2. The van der Waals surface area contributed by atoms with Crippen LogP contribution in [-0.2, 0) is 0 Å². The van der Waals surface area contributed by atoms with Gasteiger partial charge in [0.1, 0.15) is 5.75 Å². The molecule has 3 nitrogen and oxygen atoms in total. The predicted molar refractivity (Wildman–Crippen MR) is 77.0 cm³/mol. The van der Waals surface area contributed by atoms with Gasteiger partial charge in [-0.15, -0.1) is 11.6 Å². The normalized spacial score (nSPS) is 18.6. The van der Waals surface area contributed by atoms with Crippen molar-refractivity contribution in [2.45, 2.75) is 31.7 Å². The summed E-state index contributed by atoms with van der Waals surface area (Å²) >= 11 is 5.74. The van der Waals surface area contributed by atoms with E-state index in [-0.39, 0.29) is 5.91 Å². The number of halogens is 1. The number of methoxy groups -OCH3 is 1. The van der Waals surface area contributed by atoms with Crippen LogP contribution in [0, 0.1) is 0 Å². The third-order valence-corrected chi connectivity index (χ3v) is 3.89. The van der Waals surface area contributed by atoms with Gasteiger partial charge >= 0.3 is 0 Å². The molecule has 0 saturated carbocycles. The van der Waals surface area contributed by atoms with E-state index in [1.54, 1.807) is 13.2 Å². The van der Waals surface area contributed by atoms with Crippen molar-refractivity contribution in [3.63, 3.8) is 0 Å². The largest absolute Gasteiger partial charge is 0.497 e. The Balaban J connectivity index is 2.09. The molecule has 0 bridgehead atoms. The van der Waals surface area contributed by atoms with E-state index in [9.17, 15) is 4.79 Å². The number of carbonyl (C=O) groups is 1. The molecule has 1 heterocycles. The Morgan fingerprint density at radius 3 is 3.11 bits per heavy atom. The van der Waals surface area contributed by atoms with Gasteiger partial charge < -0.3 is 9.64 Å². The molecule has 1 amide bonds. The molecule has 104 valence electrons. The second-order valence-corrected chi connectivity index (χ2v) is 5.24. The van der Waals surface area contributed by atoms with Crippen LogP contribution >= 0.6 is 11.6 Å². The molecule has 1 aliphatic heterocycles. The van der Waals surface area contributed by atoms with Gasteiger partial charge in [-0.2, -0.15) is 0 Å². The number of benzene rings is 1. The fraction of sp³-hybridized carbons (Fsp3) is 0.533. The molecule has 0 spiro atoms. The van der Waals surface area contributed by atoms with E-state index in [0.717, 1.165) is 38.0 Å². The predicted octanol–water partition coefficient (Wildman–Crippen LogP) is 3.32. The fourth-order valence-corrected chi connectivity index (χ4v) is 2.79. The third kappa shape index (κ3) is 3.41. The minimum absolute atomic E-state index is 0.107. The van der Waals surface area contributed by atoms with Gasteiger partial charge in [0.2, 0.25) is 0 Å². The zero-order valence-electron chi connectivity index (χ0n) is 11.3. The van der Waals surface area contributed by atoms with Crippen LogP contribution in [0.4, 0.5) is 0 Å². The van der Waals surface area contributed by atoms with Crippen molar-refractivity contribution in [3.8, 4) is 5.75 Å². The first-order chi connectivity index (χ1) is 9.26. The maximum absolute atomic E-state index is 12.5. The topological polar surface area (TPSA) is 29.5 Å². The van der Waals surface area contributed by atoms with Gasteiger partial charge in [-0.05, 0) is 43.9 Å². The molecule has 4 heteroatoms. The molecule has 1 aliphatic rings. The highest BCUT2D eigenvalue weighted by molar-refractivity contribution is 6.17. The monoisotopic (exact) mass is 281 g/mol. The Kier molecular flexibility index (Phi) is 5.08. The second-order valence-electron chi connectivity index (χ2n) is 4.86. The molecule has 1 saturated heterocycles. The van der Waals surface area contributed by atoms with Crippen LogP contribution in [0.15, 0.2) is 24.3 Å². The number of likely N-dealkylation sites (tertiary alicyclic amines) is 1. The first-order valence-corrected chi connectivity index (χ1v) is 7.30. The van der Waals surface area contributed by atoms with Gasteiger partial charge in [0.05, 0.1) is 7.11 Å². The van der Waals surface area contributed by atoms with Gasteiger partial charge in [0.25, 0.3) is 5.91 Å². The highest BCUT2D eigenvalue weighted by Gasteiger charge is 2.28. The van der Waals surface area contributed by atoms with Crippen molar-refractivity contribution in [1.82, 2.24) is 4.90 Å². The summed E-state index contributed by atoms with van der Waals surface area (Å²) in [6.07, 6.45) is 4.14. The summed E-state index contributed by atoms with van der Waals surface area (Å²) in [5.74, 6) is 1.50. The first-order valence-electron chi connectivity index (χ1n) is 6.77. The van der Waals surface area contributed by atoms with E-state index >= 15 is 0 Å². The van der Waals surface area contributed by atoms with Crippen molar-refractivity contribution in [1.29, 1.82) is 0 Å². The lowest BCUT2D eigenvalue weighted by atomic mass is 10.1. The lowest BCUT2D eigenvalue weighted by Crippen LogP contribution is -2.35. The van der Waals surface area contributed by atoms with E-state index < -0.39 is 0 Å². The standard InChI is InChI=1S/C15H20ClNO2/c1-19-14-8-2-5-12(11-14)15(18)17-10-4-7-13(17)6-3-9-16/h2,5,8,11,13H,3-4,6-7,9-10H2,1H3. The molecule has 1 atom stereocenters. The summed E-state index contributed by atoms with van der Waals surface area (Å²) in [5, 5.41) is 0. The Morgan fingerprint density at radius 1 is 1.53 bits per heavy atom. The molecule has 1 aromatic carbocycles. The maximum atomic E-state index is 12.5. The number of rotatable bonds is 5. The summed E-state index contributed by atoms with van der Waals surface area (Å²) < 4.78 is 5.17. The van der Waals surface area contributed by atoms with Crippen molar-refractivity contribution in [3.05, 3.63) is 29.8 Å². The van der Waals surface area contributed by atoms with Crippen LogP contribution in [0.1, 0.15) is 36.0 Å². The Hall–Kier alpha value is -1.22. The first kappa shape index (κ1) is 14.2. The number of nitrogens with zero attached hydrogens (tertiary/aromatic N) is 1. The van der Waals surface area contributed by atoms with Gasteiger partial charge in [-0.25, -0.2) is 0 Å². The molecule has 1 fully saturated rings. The van der Waals surface area contributed by atoms with Gasteiger partial charge in [-0.3, -0.25) is 4.79 Å². The highest BCUT2D eigenvalue weighted by Crippen LogP contribution is 2.24. The van der Waals surface area contributed by atoms with E-state index in [2.05, 4.69) is 0 Å². The van der Waals surface area contributed by atoms with Crippen molar-refractivity contribution in [2.75, 3.05) is 19.5 Å². The van der Waals surface area contributed by atoms with Crippen LogP contribution in [-0.4, -0.2) is 36.4 Å². The minimum Gasteiger partial charge on any atom is -0.497 e. The molecule has 1 unspecified atom stereocenters. The Bertz CT molecular complexity index is 436. The quantitative estimate of drug-likeness (QED) is 0.775. The molecule has 2 rings (SSSR count). The second kappa shape index (κ2) is 6.80. The zero-order chi connectivity index (χ0) is 13.7. The van der Waals surface area contributed by atoms with E-state index in [0.29, 0.717) is 17.5 Å². The van der Waals surface area contributed by atoms with Crippen LogP contribution in [0.3, 0.4) is 0 Å². The van der Waals surface area contributed by atoms with E-state index in [4.69, 9.17) is 16.3 Å². The summed E-state index contributed by atoms with van der Waals surface area (Å²) in [7, 11) is 1.61. The van der Waals surface area contributed by atoms with Crippen LogP contribution in [0.25, 0.3) is 0 Å². The highest BCUT2D eigenvalue weighted by atomic mass is 35.5. The number of amides is 1. The Labute approximate surface area is 119 Å². The van der Waals surface area contributed by atoms with Crippen molar-refractivity contribution >= 4 is 17.5 Å². The lowest BCUT2D eigenvalue weighted by Gasteiger charge is -2.24. The number of ether oxygens (including phenoxy) is 1. The van der Waals surface area contributed by atoms with Crippen molar-refractivity contribution < 1.29 is 9.53 Å². The molecular weight excluding hydrogens is 262 g/mol. The molecule has 1 aromatic rings. The van der Waals surface area contributed by atoms with Crippen LogP contribution in [0.2, 0.25) is 0 Å². The van der Waals surface area contributed by atoms with E-state index in [1.165, 1.54) is 0 Å². The SMILES string of the molecule is COc1cccc(C(=O)N2CCCC2CCCCl)c1. The smallest absolute Gasteiger partial charge is 0.254 e. The molecule has 0 aliphatic carbocycles. The summed E-state index contributed by atoms with van der Waals surface area (Å²) in [6.45, 7) is 0.850. The summed E-state index contributed by atoms with van der Waals surface area (Å²) in [4.78, 5) is 14.5. The lowest BCUT2D eigenvalue weighted by molar-refractivity contribution is 0.0730. The molecule has 19 heavy (non-hydrogen) atoms. The zero-order valence-corrected chi connectivity index (χ0v) is 12.0. The van der Waals surface area contributed by atoms with Crippen LogP contribution in [0.5, 0.6) is 5.75 Å². The molecule has 0 radical (unpaired) electrons. The number of hydrogen-bond donors (Lipinski definition) is 0. The number of alkyl halides is 1. The average molecular weight is 282 g/mol. The molecule has 0 aromatic heterocycles. The molecule has 0 N–H and O–H groups in total. The Morgan fingerprint density at radius 2 is 2.37 bits per heavy atom. The van der Waals surface area contributed by atoms with Crippen LogP contribution < -0.4 is 4.74 Å². The summed E-state index contributed by atoms with van der Waals surface area (Å²) in [5.41, 5.74) is 0.706. The summed E-state index contributed by atoms with van der Waals surface area (Å²) in [6, 6.07) is 7.71. The maximum Gasteiger partial charge on any atom is 0.254 e. The van der Waals surface area contributed by atoms with Gasteiger partial charge in [0, 0.05) is 24.0 Å². The number of carbonyl (C=O) groups excluding carboxylic acids is 1. The third-order valence-electron chi connectivity index (χ3n) is 3.63. The van der Waals surface area contributed by atoms with Gasteiger partial charge in [0.15, 0.2) is 0 Å². The van der Waals surface area contributed by atoms with Crippen molar-refractivity contribution in [2.24, 2.45) is 0 Å². The van der Waals surface area contributed by atoms with Gasteiger partial charge in [-0.1, -0.05) is 6.07 Å². The minimum atomic E-state index is 0.107. The van der Waals surface area contributed by atoms with E-state index in [1.807, 2.05) is 23.1 Å². The fourth-order valence-electron chi connectivity index (χ4n) is 2.64. The number of hydrogen-bond acceptors (Lipinski definition) is 2.